The van der Waals surface area contributed by atoms with Crippen molar-refractivity contribution in [2.75, 3.05) is 0 Å². The molecule has 0 radical (unpaired) electrons. The number of hydrogen-bond donors (Lipinski definition) is 1. The van der Waals surface area contributed by atoms with Crippen molar-refractivity contribution in [1.82, 2.24) is 0 Å². The van der Waals surface area contributed by atoms with Gasteiger partial charge in [0.15, 0.2) is 0 Å². The molecule has 1 aromatic carbocycles. The first-order valence-corrected chi connectivity index (χ1v) is 6.54. The van der Waals surface area contributed by atoms with Crippen LogP contribution < -0.4 is 10.2 Å². The van der Waals surface area contributed by atoms with Crippen LogP contribution >= 0.6 is 0 Å². The smallest absolute Gasteiger partial charge is 0.227 e. The van der Waals surface area contributed by atoms with Crippen LogP contribution in [-0.2, 0) is 13.2 Å². The summed E-state index contributed by atoms with van der Waals surface area (Å²) >= 11 is 0. The Kier molecular flexibility index (Phi) is 4.58. The number of rotatable bonds is 5. The van der Waals surface area contributed by atoms with Gasteiger partial charge in [-0.1, -0.05) is 38.1 Å². The molecule has 0 saturated heterocycles. The maximum atomic E-state index is 11.7. The van der Waals surface area contributed by atoms with Crippen LogP contribution in [-0.4, -0.2) is 5.11 Å². The second kappa shape index (κ2) is 6.39. The lowest BCUT2D eigenvalue weighted by Gasteiger charge is -2.08. The maximum absolute atomic E-state index is 11.7. The molecule has 0 saturated carbocycles. The van der Waals surface area contributed by atoms with Gasteiger partial charge in [0.05, 0.1) is 0 Å². The predicted molar refractivity (Wildman–Crippen MR) is 75.8 cm³/mol. The molecule has 0 fully saturated rings. The zero-order valence-electron chi connectivity index (χ0n) is 11.6. The van der Waals surface area contributed by atoms with Crippen LogP contribution in [0.25, 0.3) is 0 Å². The van der Waals surface area contributed by atoms with Gasteiger partial charge in [-0.15, -0.1) is 0 Å². The quantitative estimate of drug-likeness (QED) is 0.910. The van der Waals surface area contributed by atoms with E-state index < -0.39 is 0 Å². The summed E-state index contributed by atoms with van der Waals surface area (Å²) in [6, 6.07) is 9.32. The van der Waals surface area contributed by atoms with Crippen molar-refractivity contribution in [3.63, 3.8) is 0 Å². The second-order valence-electron chi connectivity index (χ2n) is 4.92. The molecule has 1 heterocycles. The Labute approximate surface area is 117 Å². The Bertz CT molecular complexity index is 611. The number of benzene rings is 1. The first-order chi connectivity index (χ1) is 9.60. The standard InChI is InChI=1S/C16H18O4/c1-11(2)13-5-3-12(4-6-13)9-20-16-10-19-14(8-17)7-15(16)18/h3-7,10-11,17H,8-9H2,1-2H3. The molecule has 0 bridgehead atoms. The minimum atomic E-state index is -0.299. The molecule has 0 aliphatic carbocycles. The van der Waals surface area contributed by atoms with Gasteiger partial charge in [-0.05, 0) is 17.0 Å². The lowest BCUT2D eigenvalue weighted by Crippen LogP contribution is -2.08. The summed E-state index contributed by atoms with van der Waals surface area (Å²) in [5.74, 6) is 0.863. The molecule has 4 heteroatoms. The van der Waals surface area contributed by atoms with Crippen molar-refractivity contribution in [2.24, 2.45) is 0 Å². The average Bonchev–Trinajstić information content (AvgIpc) is 2.46. The van der Waals surface area contributed by atoms with E-state index in [1.807, 2.05) is 12.1 Å². The molecule has 20 heavy (non-hydrogen) atoms. The van der Waals surface area contributed by atoms with Crippen LogP contribution in [0.4, 0.5) is 0 Å². The van der Waals surface area contributed by atoms with Crippen LogP contribution in [0, 0.1) is 0 Å². The number of ether oxygens (including phenoxy) is 1. The van der Waals surface area contributed by atoms with Gasteiger partial charge in [0.1, 0.15) is 25.2 Å². The third kappa shape index (κ3) is 3.48. The van der Waals surface area contributed by atoms with E-state index in [1.54, 1.807) is 0 Å². The summed E-state index contributed by atoms with van der Waals surface area (Å²) in [6.07, 6.45) is 1.23. The zero-order valence-corrected chi connectivity index (χ0v) is 11.6. The summed E-state index contributed by atoms with van der Waals surface area (Å²) in [7, 11) is 0. The van der Waals surface area contributed by atoms with Crippen LogP contribution in [0.2, 0.25) is 0 Å². The highest BCUT2D eigenvalue weighted by atomic mass is 16.5. The van der Waals surface area contributed by atoms with Gasteiger partial charge in [-0.2, -0.15) is 0 Å². The molecule has 106 valence electrons. The summed E-state index contributed by atoms with van der Waals surface area (Å²) in [5.41, 5.74) is 1.96. The molecule has 0 amide bonds. The zero-order chi connectivity index (χ0) is 14.5. The van der Waals surface area contributed by atoms with Gasteiger partial charge in [-0.3, -0.25) is 4.79 Å². The molecule has 0 unspecified atom stereocenters. The molecule has 2 rings (SSSR count). The van der Waals surface area contributed by atoms with Gasteiger partial charge in [-0.25, -0.2) is 0 Å². The van der Waals surface area contributed by atoms with Crippen molar-refractivity contribution >= 4 is 0 Å². The fourth-order valence-electron chi connectivity index (χ4n) is 1.79. The lowest BCUT2D eigenvalue weighted by molar-refractivity contribution is 0.236. The topological polar surface area (TPSA) is 59.7 Å². The first-order valence-electron chi connectivity index (χ1n) is 6.54. The fourth-order valence-corrected chi connectivity index (χ4v) is 1.79. The highest BCUT2D eigenvalue weighted by Crippen LogP contribution is 2.15. The second-order valence-corrected chi connectivity index (χ2v) is 4.92. The molecule has 1 N–H and O–H groups in total. The highest BCUT2D eigenvalue weighted by molar-refractivity contribution is 5.25. The molecule has 1 aromatic heterocycles. The fraction of sp³-hybridized carbons (Fsp3) is 0.312. The number of hydrogen-bond acceptors (Lipinski definition) is 4. The summed E-state index contributed by atoms with van der Waals surface area (Å²) in [4.78, 5) is 11.7. The van der Waals surface area contributed by atoms with Crippen molar-refractivity contribution in [1.29, 1.82) is 0 Å². The Balaban J connectivity index is 2.03. The van der Waals surface area contributed by atoms with Crippen molar-refractivity contribution < 1.29 is 14.3 Å². The van der Waals surface area contributed by atoms with Crippen molar-refractivity contribution in [3.05, 3.63) is 63.7 Å². The van der Waals surface area contributed by atoms with Crippen molar-refractivity contribution in [2.45, 2.75) is 33.0 Å². The Morgan fingerprint density at radius 1 is 1.25 bits per heavy atom. The van der Waals surface area contributed by atoms with Crippen LogP contribution in [0.15, 0.2) is 45.8 Å². The van der Waals surface area contributed by atoms with E-state index in [0.29, 0.717) is 12.5 Å². The normalized spacial score (nSPS) is 10.8. The molecule has 0 aliphatic rings. The van der Waals surface area contributed by atoms with E-state index in [1.165, 1.54) is 17.9 Å². The van der Waals surface area contributed by atoms with Crippen molar-refractivity contribution in [3.8, 4) is 5.75 Å². The molecule has 0 atom stereocenters. The van der Waals surface area contributed by atoms with E-state index >= 15 is 0 Å². The summed E-state index contributed by atoms with van der Waals surface area (Å²) in [5, 5.41) is 8.86. The molecule has 4 nitrogen and oxygen atoms in total. The van der Waals surface area contributed by atoms with Gasteiger partial charge in [0.25, 0.3) is 0 Å². The third-order valence-corrected chi connectivity index (χ3v) is 3.05. The first kappa shape index (κ1) is 14.3. The molecule has 0 spiro atoms. The lowest BCUT2D eigenvalue weighted by atomic mass is 10.0. The van der Waals surface area contributed by atoms with Gasteiger partial charge in [0.2, 0.25) is 11.2 Å². The molecule has 2 aromatic rings. The average molecular weight is 274 g/mol. The Morgan fingerprint density at radius 2 is 1.95 bits per heavy atom. The minimum Gasteiger partial charge on any atom is -0.482 e. The predicted octanol–water partition coefficient (Wildman–Crippen LogP) is 2.83. The third-order valence-electron chi connectivity index (χ3n) is 3.05. The minimum absolute atomic E-state index is 0.148. The Hall–Kier alpha value is -2.07. The number of aliphatic hydroxyl groups is 1. The van der Waals surface area contributed by atoms with Gasteiger partial charge in [0, 0.05) is 6.07 Å². The van der Waals surface area contributed by atoms with Gasteiger partial charge < -0.3 is 14.3 Å². The van der Waals surface area contributed by atoms with E-state index in [9.17, 15) is 4.79 Å². The van der Waals surface area contributed by atoms with Gasteiger partial charge >= 0.3 is 0 Å². The highest BCUT2D eigenvalue weighted by Gasteiger charge is 2.05. The van der Waals surface area contributed by atoms with E-state index in [0.717, 1.165) is 5.56 Å². The summed E-state index contributed by atoms with van der Waals surface area (Å²) in [6.45, 7) is 4.28. The van der Waals surface area contributed by atoms with Crippen LogP contribution in [0.5, 0.6) is 5.75 Å². The molecular weight excluding hydrogens is 256 g/mol. The van der Waals surface area contributed by atoms with E-state index in [-0.39, 0.29) is 23.5 Å². The number of aliphatic hydroxyl groups excluding tert-OH is 1. The van der Waals surface area contributed by atoms with E-state index in [2.05, 4.69) is 26.0 Å². The Morgan fingerprint density at radius 3 is 2.50 bits per heavy atom. The largest absolute Gasteiger partial charge is 0.482 e. The van der Waals surface area contributed by atoms with Crippen LogP contribution in [0.3, 0.4) is 0 Å². The van der Waals surface area contributed by atoms with Crippen LogP contribution in [0.1, 0.15) is 36.7 Å². The monoisotopic (exact) mass is 274 g/mol. The van der Waals surface area contributed by atoms with E-state index in [4.69, 9.17) is 14.3 Å². The molecular formula is C16H18O4. The molecule has 0 aliphatic heterocycles. The summed E-state index contributed by atoms with van der Waals surface area (Å²) < 4.78 is 10.5. The SMILES string of the molecule is CC(C)c1ccc(COc2coc(CO)cc2=O)cc1. The maximum Gasteiger partial charge on any atom is 0.227 e.